The van der Waals surface area contributed by atoms with Gasteiger partial charge in [0.1, 0.15) is 5.82 Å². The third-order valence-electron chi connectivity index (χ3n) is 4.75. The van der Waals surface area contributed by atoms with Crippen molar-refractivity contribution in [2.75, 3.05) is 37.6 Å². The molecule has 0 radical (unpaired) electrons. The van der Waals surface area contributed by atoms with Crippen LogP contribution < -0.4 is 15.5 Å². The zero-order valence-corrected chi connectivity index (χ0v) is 17.7. The van der Waals surface area contributed by atoms with Crippen molar-refractivity contribution < 1.29 is 0 Å². The van der Waals surface area contributed by atoms with Crippen LogP contribution in [0.15, 0.2) is 47.7 Å². The summed E-state index contributed by atoms with van der Waals surface area (Å²) in [6, 6.07) is 10.6. The molecule has 0 aliphatic heterocycles. The minimum Gasteiger partial charge on any atom is -0.372 e. The van der Waals surface area contributed by atoms with Gasteiger partial charge < -0.3 is 20.1 Å². The van der Waals surface area contributed by atoms with Crippen LogP contribution in [0, 0.1) is 6.92 Å². The largest absolute Gasteiger partial charge is 0.372 e. The molecule has 0 amide bonds. The van der Waals surface area contributed by atoms with Gasteiger partial charge in [-0.15, -0.1) is 0 Å². The molecule has 6 heteroatoms. The van der Waals surface area contributed by atoms with Crippen molar-refractivity contribution in [2.24, 2.45) is 4.99 Å². The summed E-state index contributed by atoms with van der Waals surface area (Å²) in [4.78, 5) is 11.4. The SMILES string of the molecule is CCNC(=NCCCN(CC)c1ccccc1)NCCCCn1ccnc1C. The first-order valence-electron chi connectivity index (χ1n) is 10.5. The molecular weight excluding hydrogens is 348 g/mol. The van der Waals surface area contributed by atoms with E-state index in [1.54, 1.807) is 0 Å². The van der Waals surface area contributed by atoms with Gasteiger partial charge in [-0.1, -0.05) is 18.2 Å². The lowest BCUT2D eigenvalue weighted by Crippen LogP contribution is -2.38. The Morgan fingerprint density at radius 1 is 1.11 bits per heavy atom. The minimum atomic E-state index is 0.826. The van der Waals surface area contributed by atoms with Crippen LogP contribution in [0.2, 0.25) is 0 Å². The van der Waals surface area contributed by atoms with E-state index in [4.69, 9.17) is 4.99 Å². The maximum Gasteiger partial charge on any atom is 0.191 e. The van der Waals surface area contributed by atoms with E-state index in [1.165, 1.54) is 5.69 Å². The Hall–Kier alpha value is -2.50. The molecule has 2 aromatic rings. The highest BCUT2D eigenvalue weighted by atomic mass is 15.2. The number of aromatic nitrogens is 2. The number of rotatable bonds is 12. The molecule has 0 atom stereocenters. The Bertz CT molecular complexity index is 679. The second-order valence-corrected chi connectivity index (χ2v) is 6.83. The van der Waals surface area contributed by atoms with Crippen LogP contribution >= 0.6 is 0 Å². The van der Waals surface area contributed by atoms with E-state index in [1.807, 2.05) is 19.3 Å². The van der Waals surface area contributed by atoms with Crippen LogP contribution in [-0.4, -0.2) is 48.2 Å². The molecule has 1 aromatic carbocycles. The van der Waals surface area contributed by atoms with Gasteiger partial charge in [-0.3, -0.25) is 4.99 Å². The Morgan fingerprint density at radius 3 is 2.61 bits per heavy atom. The summed E-state index contributed by atoms with van der Waals surface area (Å²) >= 11 is 0. The van der Waals surface area contributed by atoms with Crippen molar-refractivity contribution in [3.05, 3.63) is 48.5 Å². The van der Waals surface area contributed by atoms with Crippen molar-refractivity contribution in [2.45, 2.75) is 46.6 Å². The molecule has 1 aromatic heterocycles. The summed E-state index contributed by atoms with van der Waals surface area (Å²) in [6.45, 7) is 12.1. The zero-order chi connectivity index (χ0) is 20.0. The Labute approximate surface area is 170 Å². The second-order valence-electron chi connectivity index (χ2n) is 6.83. The van der Waals surface area contributed by atoms with Crippen molar-refractivity contribution in [3.8, 4) is 0 Å². The van der Waals surface area contributed by atoms with Crippen LogP contribution in [-0.2, 0) is 6.54 Å². The number of nitrogens with one attached hydrogen (secondary N) is 2. The number of para-hydroxylation sites is 1. The second kappa shape index (κ2) is 12.8. The number of aryl methyl sites for hydroxylation is 2. The average Bonchev–Trinajstić information content (AvgIpc) is 3.13. The normalized spacial score (nSPS) is 11.5. The summed E-state index contributed by atoms with van der Waals surface area (Å²) in [5.74, 6) is 2.00. The highest BCUT2D eigenvalue weighted by molar-refractivity contribution is 5.79. The van der Waals surface area contributed by atoms with Gasteiger partial charge in [0.15, 0.2) is 5.96 Å². The zero-order valence-electron chi connectivity index (χ0n) is 17.7. The lowest BCUT2D eigenvalue weighted by atomic mass is 10.2. The maximum absolute atomic E-state index is 4.73. The lowest BCUT2D eigenvalue weighted by Gasteiger charge is -2.22. The van der Waals surface area contributed by atoms with Crippen molar-refractivity contribution >= 4 is 11.6 Å². The Balaban J connectivity index is 1.67. The highest BCUT2D eigenvalue weighted by Crippen LogP contribution is 2.12. The predicted octanol–water partition coefficient (Wildman–Crippen LogP) is 3.44. The van der Waals surface area contributed by atoms with Crippen LogP contribution in [0.5, 0.6) is 0 Å². The third kappa shape index (κ3) is 7.62. The van der Waals surface area contributed by atoms with Gasteiger partial charge in [0.05, 0.1) is 0 Å². The molecule has 0 aliphatic carbocycles. The summed E-state index contributed by atoms with van der Waals surface area (Å²) in [7, 11) is 0. The summed E-state index contributed by atoms with van der Waals surface area (Å²) in [6.07, 6.45) is 7.19. The van der Waals surface area contributed by atoms with Gasteiger partial charge in [-0.05, 0) is 52.2 Å². The van der Waals surface area contributed by atoms with Crippen LogP contribution in [0.1, 0.15) is 38.9 Å². The fourth-order valence-corrected chi connectivity index (χ4v) is 3.16. The number of imidazole rings is 1. The number of guanidine groups is 1. The van der Waals surface area contributed by atoms with Gasteiger partial charge in [-0.2, -0.15) is 0 Å². The van der Waals surface area contributed by atoms with E-state index < -0.39 is 0 Å². The number of nitrogens with zero attached hydrogens (tertiary/aromatic N) is 4. The molecule has 2 rings (SSSR count). The van der Waals surface area contributed by atoms with E-state index in [0.717, 1.165) is 70.3 Å². The summed E-state index contributed by atoms with van der Waals surface area (Å²) < 4.78 is 2.20. The van der Waals surface area contributed by atoms with Gasteiger partial charge >= 0.3 is 0 Å². The molecule has 0 bridgehead atoms. The fourth-order valence-electron chi connectivity index (χ4n) is 3.16. The molecule has 0 unspecified atom stereocenters. The van der Waals surface area contributed by atoms with Crippen LogP contribution in [0.25, 0.3) is 0 Å². The number of anilines is 1. The van der Waals surface area contributed by atoms with E-state index in [9.17, 15) is 0 Å². The highest BCUT2D eigenvalue weighted by Gasteiger charge is 2.03. The monoisotopic (exact) mass is 384 g/mol. The molecule has 0 spiro atoms. The molecular formula is C22H36N6. The van der Waals surface area contributed by atoms with Crippen molar-refractivity contribution in [3.63, 3.8) is 0 Å². The predicted molar refractivity (Wildman–Crippen MR) is 119 cm³/mol. The number of unbranched alkanes of at least 4 members (excludes halogenated alkanes) is 1. The topological polar surface area (TPSA) is 57.5 Å². The van der Waals surface area contributed by atoms with E-state index >= 15 is 0 Å². The smallest absolute Gasteiger partial charge is 0.191 e. The molecule has 28 heavy (non-hydrogen) atoms. The number of benzene rings is 1. The molecule has 1 heterocycles. The van der Waals surface area contributed by atoms with Gasteiger partial charge in [-0.25, -0.2) is 4.98 Å². The van der Waals surface area contributed by atoms with E-state index in [-0.39, 0.29) is 0 Å². The molecule has 154 valence electrons. The van der Waals surface area contributed by atoms with Crippen molar-refractivity contribution in [1.29, 1.82) is 0 Å². The van der Waals surface area contributed by atoms with Gasteiger partial charge in [0.25, 0.3) is 0 Å². The first-order valence-corrected chi connectivity index (χ1v) is 10.5. The summed E-state index contributed by atoms with van der Waals surface area (Å²) in [5, 5.41) is 6.79. The molecule has 0 aliphatic rings. The molecule has 6 nitrogen and oxygen atoms in total. The Morgan fingerprint density at radius 2 is 1.93 bits per heavy atom. The lowest BCUT2D eigenvalue weighted by molar-refractivity contribution is 0.588. The van der Waals surface area contributed by atoms with Crippen LogP contribution in [0.4, 0.5) is 5.69 Å². The van der Waals surface area contributed by atoms with Gasteiger partial charge in [0, 0.05) is 57.3 Å². The summed E-state index contributed by atoms with van der Waals surface area (Å²) in [5.41, 5.74) is 1.28. The molecule has 2 N–H and O–H groups in total. The first kappa shape index (κ1) is 21.8. The third-order valence-corrected chi connectivity index (χ3v) is 4.75. The maximum atomic E-state index is 4.73. The quantitative estimate of drug-likeness (QED) is 0.334. The van der Waals surface area contributed by atoms with Gasteiger partial charge in [0.2, 0.25) is 0 Å². The number of hydrogen-bond acceptors (Lipinski definition) is 3. The number of aliphatic imine (C=N–C) groups is 1. The first-order chi connectivity index (χ1) is 13.7. The average molecular weight is 385 g/mol. The molecule has 0 saturated carbocycles. The van der Waals surface area contributed by atoms with E-state index in [0.29, 0.717) is 0 Å². The van der Waals surface area contributed by atoms with E-state index in [2.05, 4.69) is 69.3 Å². The standard InChI is InChI=1S/C22H36N6/c1-4-23-22(25-14-9-10-17-28-19-16-24-20(28)3)26-15-11-18-27(5-2)21-12-7-6-8-13-21/h6-8,12-13,16,19H,4-5,9-11,14-15,17-18H2,1-3H3,(H2,23,25,26). The molecule has 0 saturated heterocycles. The minimum absolute atomic E-state index is 0.826. The van der Waals surface area contributed by atoms with Crippen molar-refractivity contribution in [1.82, 2.24) is 20.2 Å². The molecule has 0 fully saturated rings. The Kier molecular flexibility index (Phi) is 9.97. The van der Waals surface area contributed by atoms with Crippen LogP contribution in [0.3, 0.4) is 0 Å². The number of hydrogen-bond donors (Lipinski definition) is 2. The fraction of sp³-hybridized carbons (Fsp3) is 0.545.